The van der Waals surface area contributed by atoms with Crippen molar-refractivity contribution in [1.29, 1.82) is 0 Å². The molecular formula is C22H21NO7. The van der Waals surface area contributed by atoms with E-state index in [0.29, 0.717) is 12.8 Å². The number of nitrogens with one attached hydrogen (secondary N) is 1. The molecule has 3 rings (SSSR count). The maximum atomic E-state index is 12.5. The number of hydrogen-bond acceptors (Lipinski definition) is 7. The van der Waals surface area contributed by atoms with Gasteiger partial charge in [-0.3, -0.25) is 9.59 Å². The molecule has 2 aromatic carbocycles. The van der Waals surface area contributed by atoms with E-state index in [1.807, 2.05) is 30.3 Å². The quantitative estimate of drug-likeness (QED) is 0.551. The van der Waals surface area contributed by atoms with Crippen molar-refractivity contribution in [3.05, 3.63) is 65.2 Å². The Morgan fingerprint density at radius 3 is 1.97 bits per heavy atom. The topological polar surface area (TPSA) is 108 Å². The molecule has 0 aromatic heterocycles. The molecule has 0 unspecified atom stereocenters. The van der Waals surface area contributed by atoms with Gasteiger partial charge in [0.05, 0.1) is 30.8 Å². The molecule has 8 heteroatoms. The van der Waals surface area contributed by atoms with Gasteiger partial charge in [-0.25, -0.2) is 9.59 Å². The Morgan fingerprint density at radius 1 is 0.900 bits per heavy atom. The highest BCUT2D eigenvalue weighted by Crippen LogP contribution is 2.49. The summed E-state index contributed by atoms with van der Waals surface area (Å²) < 4.78 is 14.5. The van der Waals surface area contributed by atoms with Gasteiger partial charge >= 0.3 is 17.9 Å². The van der Waals surface area contributed by atoms with E-state index < -0.39 is 35.8 Å². The molecule has 0 spiro atoms. The second-order valence-electron chi connectivity index (χ2n) is 6.85. The first-order valence-electron chi connectivity index (χ1n) is 9.24. The van der Waals surface area contributed by atoms with E-state index in [1.165, 1.54) is 32.4 Å². The summed E-state index contributed by atoms with van der Waals surface area (Å²) in [7, 11) is 2.40. The summed E-state index contributed by atoms with van der Waals surface area (Å²) in [5.41, 5.74) is 0.472. The molecule has 1 N–H and O–H groups in total. The molecule has 0 aliphatic heterocycles. The number of carbonyl (C=O) groups is 4. The van der Waals surface area contributed by atoms with E-state index in [1.54, 1.807) is 0 Å². The third-order valence-corrected chi connectivity index (χ3v) is 4.86. The summed E-state index contributed by atoms with van der Waals surface area (Å²) in [6.45, 7) is -0.497. The normalized spacial score (nSPS) is 13.7. The molecule has 8 nitrogen and oxygen atoms in total. The molecule has 1 aliphatic carbocycles. The first-order valence-corrected chi connectivity index (χ1v) is 9.24. The number of anilines is 1. The third kappa shape index (κ3) is 4.48. The van der Waals surface area contributed by atoms with Crippen molar-refractivity contribution in [2.45, 2.75) is 18.3 Å². The van der Waals surface area contributed by atoms with Crippen LogP contribution in [0.2, 0.25) is 0 Å². The van der Waals surface area contributed by atoms with Crippen LogP contribution in [-0.4, -0.2) is 44.6 Å². The average molecular weight is 411 g/mol. The lowest BCUT2D eigenvalue weighted by Gasteiger charge is -2.15. The molecule has 2 aromatic rings. The summed E-state index contributed by atoms with van der Waals surface area (Å²) in [4.78, 5) is 48.5. The van der Waals surface area contributed by atoms with Crippen LogP contribution in [-0.2, 0) is 29.2 Å². The lowest BCUT2D eigenvalue weighted by molar-refractivity contribution is -0.150. The molecular weight excluding hydrogens is 390 g/mol. The minimum atomic E-state index is -0.690. The standard InChI is InChI=1S/C22H21NO7/c1-28-19(25)14-10-15(20(26)29-2)12-17(11-14)23-18(24)13-30-21(27)22(8-9-22)16-6-4-3-5-7-16/h3-7,10-12H,8-9,13H2,1-2H3,(H,23,24). The first-order chi connectivity index (χ1) is 14.4. The van der Waals surface area contributed by atoms with Crippen molar-refractivity contribution < 1.29 is 33.4 Å². The summed E-state index contributed by atoms with van der Waals surface area (Å²) in [5, 5.41) is 2.52. The number of methoxy groups -OCH3 is 2. The second-order valence-corrected chi connectivity index (χ2v) is 6.85. The SMILES string of the molecule is COC(=O)c1cc(NC(=O)COC(=O)C2(c3ccccc3)CC2)cc(C(=O)OC)c1. The number of esters is 3. The Morgan fingerprint density at radius 2 is 1.47 bits per heavy atom. The van der Waals surface area contributed by atoms with Crippen molar-refractivity contribution in [1.82, 2.24) is 0 Å². The Bertz CT molecular complexity index is 946. The van der Waals surface area contributed by atoms with Gasteiger partial charge in [0, 0.05) is 5.69 Å². The van der Waals surface area contributed by atoms with E-state index in [-0.39, 0.29) is 16.8 Å². The molecule has 0 heterocycles. The number of ether oxygens (including phenoxy) is 3. The van der Waals surface area contributed by atoms with Crippen molar-refractivity contribution in [2.75, 3.05) is 26.1 Å². The van der Waals surface area contributed by atoms with Crippen LogP contribution in [0.4, 0.5) is 5.69 Å². The van der Waals surface area contributed by atoms with Gasteiger partial charge in [0.2, 0.25) is 0 Å². The highest BCUT2D eigenvalue weighted by molar-refractivity contribution is 6.00. The van der Waals surface area contributed by atoms with Gasteiger partial charge in [-0.2, -0.15) is 0 Å². The van der Waals surface area contributed by atoms with Gasteiger partial charge < -0.3 is 19.5 Å². The number of rotatable bonds is 7. The highest BCUT2D eigenvalue weighted by atomic mass is 16.5. The van der Waals surface area contributed by atoms with Gasteiger partial charge in [0.1, 0.15) is 0 Å². The summed E-state index contributed by atoms with van der Waals surface area (Å²) in [5.74, 6) is -2.42. The fourth-order valence-electron chi connectivity index (χ4n) is 3.13. The van der Waals surface area contributed by atoms with Crippen LogP contribution in [0.3, 0.4) is 0 Å². The van der Waals surface area contributed by atoms with Crippen LogP contribution in [0.15, 0.2) is 48.5 Å². The Kier molecular flexibility index (Phi) is 6.15. The molecule has 30 heavy (non-hydrogen) atoms. The molecule has 0 bridgehead atoms. The van der Waals surface area contributed by atoms with Crippen molar-refractivity contribution in [2.24, 2.45) is 0 Å². The molecule has 0 saturated heterocycles. The number of hydrogen-bond donors (Lipinski definition) is 1. The monoisotopic (exact) mass is 411 g/mol. The van der Waals surface area contributed by atoms with E-state index >= 15 is 0 Å². The predicted octanol–water partition coefficient (Wildman–Crippen LogP) is 2.47. The lowest BCUT2D eigenvalue weighted by Crippen LogP contribution is -2.28. The van der Waals surface area contributed by atoms with Crippen LogP contribution in [0, 0.1) is 0 Å². The summed E-state index contributed by atoms with van der Waals surface area (Å²) in [6.07, 6.45) is 1.34. The van der Waals surface area contributed by atoms with Crippen molar-refractivity contribution in [3.63, 3.8) is 0 Å². The molecule has 0 atom stereocenters. The van der Waals surface area contributed by atoms with Gasteiger partial charge in [0.25, 0.3) is 5.91 Å². The van der Waals surface area contributed by atoms with Gasteiger partial charge in [0.15, 0.2) is 6.61 Å². The van der Waals surface area contributed by atoms with E-state index in [4.69, 9.17) is 4.74 Å². The zero-order valence-electron chi connectivity index (χ0n) is 16.6. The maximum Gasteiger partial charge on any atom is 0.337 e. The van der Waals surface area contributed by atoms with Gasteiger partial charge in [-0.05, 0) is 36.6 Å². The number of benzene rings is 2. The van der Waals surface area contributed by atoms with E-state index in [0.717, 1.165) is 5.56 Å². The minimum absolute atomic E-state index is 0.0636. The summed E-state index contributed by atoms with van der Waals surface area (Å²) in [6, 6.07) is 13.3. The van der Waals surface area contributed by atoms with Crippen LogP contribution < -0.4 is 5.32 Å². The van der Waals surface area contributed by atoms with Crippen molar-refractivity contribution in [3.8, 4) is 0 Å². The van der Waals surface area contributed by atoms with Crippen LogP contribution >= 0.6 is 0 Å². The first kappa shape index (κ1) is 21.0. The minimum Gasteiger partial charge on any atom is -0.465 e. The Balaban J connectivity index is 1.66. The maximum absolute atomic E-state index is 12.5. The largest absolute Gasteiger partial charge is 0.465 e. The fourth-order valence-corrected chi connectivity index (χ4v) is 3.13. The molecule has 0 radical (unpaired) electrons. The van der Waals surface area contributed by atoms with Crippen molar-refractivity contribution >= 4 is 29.5 Å². The smallest absolute Gasteiger partial charge is 0.337 e. The predicted molar refractivity (Wildman–Crippen MR) is 106 cm³/mol. The van der Waals surface area contributed by atoms with Crippen LogP contribution in [0.1, 0.15) is 39.1 Å². The average Bonchev–Trinajstić information content (AvgIpc) is 3.59. The molecule has 1 amide bonds. The molecule has 1 aliphatic rings. The van der Waals surface area contributed by atoms with E-state index in [9.17, 15) is 19.2 Å². The number of amides is 1. The van der Waals surface area contributed by atoms with E-state index in [2.05, 4.69) is 14.8 Å². The lowest BCUT2D eigenvalue weighted by atomic mass is 9.96. The molecule has 1 saturated carbocycles. The van der Waals surface area contributed by atoms with Crippen LogP contribution in [0.5, 0.6) is 0 Å². The third-order valence-electron chi connectivity index (χ3n) is 4.86. The summed E-state index contributed by atoms with van der Waals surface area (Å²) >= 11 is 0. The van der Waals surface area contributed by atoms with Gasteiger partial charge in [-0.15, -0.1) is 0 Å². The van der Waals surface area contributed by atoms with Crippen LogP contribution in [0.25, 0.3) is 0 Å². The Hall–Kier alpha value is -3.68. The highest BCUT2D eigenvalue weighted by Gasteiger charge is 2.52. The number of carbonyl (C=O) groups excluding carboxylic acids is 4. The molecule has 1 fully saturated rings. The zero-order valence-corrected chi connectivity index (χ0v) is 16.6. The Labute approximate surface area is 173 Å². The molecule has 156 valence electrons. The second kappa shape index (κ2) is 8.77. The van der Waals surface area contributed by atoms with Gasteiger partial charge in [-0.1, -0.05) is 30.3 Å². The fraction of sp³-hybridized carbons (Fsp3) is 0.273. The zero-order chi connectivity index (χ0) is 21.7.